The number of benzene rings is 2. The summed E-state index contributed by atoms with van der Waals surface area (Å²) in [6, 6.07) is 16.7. The van der Waals surface area contributed by atoms with E-state index >= 15 is 0 Å². The topological polar surface area (TPSA) is 66.7 Å². The van der Waals surface area contributed by atoms with E-state index < -0.39 is 0 Å². The second kappa shape index (κ2) is 8.77. The lowest BCUT2D eigenvalue weighted by molar-refractivity contribution is -0.384. The van der Waals surface area contributed by atoms with Crippen LogP contribution in [-0.4, -0.2) is 40.8 Å². The third-order valence-corrected chi connectivity index (χ3v) is 5.02. The van der Waals surface area contributed by atoms with Gasteiger partial charge in [-0.1, -0.05) is 42.5 Å². The minimum Gasteiger partial charge on any atom is -0.341 e. The Morgan fingerprint density at radius 1 is 1.19 bits per heavy atom. The van der Waals surface area contributed by atoms with Gasteiger partial charge in [0.05, 0.1) is 10.8 Å². The lowest BCUT2D eigenvalue weighted by Gasteiger charge is -2.34. The van der Waals surface area contributed by atoms with Gasteiger partial charge in [0.25, 0.3) is 5.69 Å². The number of rotatable bonds is 6. The van der Waals surface area contributed by atoms with Gasteiger partial charge in [0.1, 0.15) is 0 Å². The van der Waals surface area contributed by atoms with Gasteiger partial charge in [-0.3, -0.25) is 19.8 Å². The average Bonchev–Trinajstić information content (AvgIpc) is 2.68. The van der Waals surface area contributed by atoms with Crippen molar-refractivity contribution in [1.82, 2.24) is 9.80 Å². The summed E-state index contributed by atoms with van der Waals surface area (Å²) in [6.07, 6.45) is 1.86. The highest BCUT2D eigenvalue weighted by atomic mass is 16.6. The molecule has 1 aliphatic rings. The second-order valence-electron chi connectivity index (χ2n) is 7.18. The highest BCUT2D eigenvalue weighted by Crippen LogP contribution is 2.22. The van der Waals surface area contributed by atoms with E-state index in [0.717, 1.165) is 30.5 Å². The molecule has 0 aromatic heterocycles. The summed E-state index contributed by atoms with van der Waals surface area (Å²) in [6.45, 7) is 2.85. The number of carbonyl (C=O) groups excluding carboxylic acids is 1. The van der Waals surface area contributed by atoms with Crippen molar-refractivity contribution in [2.75, 3.05) is 20.1 Å². The van der Waals surface area contributed by atoms with Crippen LogP contribution in [0.5, 0.6) is 0 Å². The Hall–Kier alpha value is -2.73. The van der Waals surface area contributed by atoms with Crippen molar-refractivity contribution in [2.24, 2.45) is 5.92 Å². The summed E-state index contributed by atoms with van der Waals surface area (Å²) in [5, 5.41) is 11.0. The molecule has 1 amide bonds. The zero-order chi connectivity index (χ0) is 19.2. The van der Waals surface area contributed by atoms with E-state index in [1.54, 1.807) is 17.0 Å². The predicted molar refractivity (Wildman–Crippen MR) is 104 cm³/mol. The molecule has 1 heterocycles. The molecule has 0 aliphatic carbocycles. The molecule has 1 atom stereocenters. The van der Waals surface area contributed by atoms with Gasteiger partial charge in [-0.15, -0.1) is 0 Å². The number of nitrogens with zero attached hydrogens (tertiary/aromatic N) is 3. The monoisotopic (exact) mass is 367 g/mol. The Morgan fingerprint density at radius 3 is 2.67 bits per heavy atom. The summed E-state index contributed by atoms with van der Waals surface area (Å²) in [4.78, 5) is 27.5. The summed E-state index contributed by atoms with van der Waals surface area (Å²) in [7, 11) is 1.86. The van der Waals surface area contributed by atoms with E-state index in [1.165, 1.54) is 6.07 Å². The number of likely N-dealkylation sites (tertiary alicyclic amines) is 1. The van der Waals surface area contributed by atoms with E-state index in [4.69, 9.17) is 0 Å². The van der Waals surface area contributed by atoms with E-state index in [0.29, 0.717) is 19.6 Å². The molecule has 1 unspecified atom stereocenters. The van der Waals surface area contributed by atoms with Crippen molar-refractivity contribution < 1.29 is 9.72 Å². The Morgan fingerprint density at radius 2 is 1.93 bits per heavy atom. The maximum atomic E-state index is 12.9. The van der Waals surface area contributed by atoms with Crippen molar-refractivity contribution in [3.05, 3.63) is 75.8 Å². The smallest absolute Gasteiger partial charge is 0.269 e. The molecule has 142 valence electrons. The Labute approximate surface area is 159 Å². The van der Waals surface area contributed by atoms with Crippen LogP contribution in [-0.2, 0) is 17.9 Å². The zero-order valence-corrected chi connectivity index (χ0v) is 15.6. The lowest BCUT2D eigenvalue weighted by atomic mass is 9.96. The van der Waals surface area contributed by atoms with Gasteiger partial charge >= 0.3 is 0 Å². The van der Waals surface area contributed by atoms with Crippen LogP contribution < -0.4 is 0 Å². The highest BCUT2D eigenvalue weighted by Gasteiger charge is 2.28. The van der Waals surface area contributed by atoms with Crippen molar-refractivity contribution in [2.45, 2.75) is 25.9 Å². The maximum Gasteiger partial charge on any atom is 0.269 e. The van der Waals surface area contributed by atoms with Crippen LogP contribution >= 0.6 is 0 Å². The highest BCUT2D eigenvalue weighted by molar-refractivity contribution is 5.78. The van der Waals surface area contributed by atoms with E-state index in [9.17, 15) is 14.9 Å². The molecule has 27 heavy (non-hydrogen) atoms. The normalized spacial score (nSPS) is 17.4. The first-order valence-corrected chi connectivity index (χ1v) is 9.27. The fourth-order valence-corrected chi connectivity index (χ4v) is 3.67. The standard InChI is InChI=1S/C21H25N3O3/c1-22(14-17-7-3-2-4-8-17)21(25)19-10-6-12-23(16-19)15-18-9-5-11-20(13-18)24(26)27/h2-5,7-9,11,13,19H,6,10,12,14-16H2,1H3. The van der Waals surface area contributed by atoms with Crippen LogP contribution in [0.3, 0.4) is 0 Å². The zero-order valence-electron chi connectivity index (χ0n) is 15.6. The molecular formula is C21H25N3O3. The van der Waals surface area contributed by atoms with E-state index in [2.05, 4.69) is 4.90 Å². The van der Waals surface area contributed by atoms with E-state index in [-0.39, 0.29) is 22.4 Å². The number of hydrogen-bond acceptors (Lipinski definition) is 4. The largest absolute Gasteiger partial charge is 0.341 e. The summed E-state index contributed by atoms with van der Waals surface area (Å²) in [5.74, 6) is 0.147. The third-order valence-electron chi connectivity index (χ3n) is 5.02. The molecule has 0 saturated carbocycles. The van der Waals surface area contributed by atoms with Crippen LogP contribution in [0.2, 0.25) is 0 Å². The van der Waals surface area contributed by atoms with Gasteiger partial charge in [-0.05, 0) is 30.5 Å². The van der Waals surface area contributed by atoms with Gasteiger partial charge in [0, 0.05) is 38.8 Å². The molecule has 0 radical (unpaired) electrons. The quantitative estimate of drug-likeness (QED) is 0.579. The summed E-state index contributed by atoms with van der Waals surface area (Å²) < 4.78 is 0. The number of non-ortho nitro benzene ring substituents is 1. The van der Waals surface area contributed by atoms with Crippen molar-refractivity contribution >= 4 is 11.6 Å². The molecule has 0 N–H and O–H groups in total. The molecule has 2 aromatic carbocycles. The maximum absolute atomic E-state index is 12.9. The van der Waals surface area contributed by atoms with Gasteiger partial charge in [0.15, 0.2) is 0 Å². The van der Waals surface area contributed by atoms with Gasteiger partial charge in [0.2, 0.25) is 5.91 Å². The number of nitro benzene ring substituents is 1. The minimum absolute atomic E-state index is 0.0221. The molecule has 1 saturated heterocycles. The average molecular weight is 367 g/mol. The van der Waals surface area contributed by atoms with Crippen LogP contribution in [0.15, 0.2) is 54.6 Å². The molecule has 6 heteroatoms. The Balaban J connectivity index is 1.59. The fraction of sp³-hybridized carbons (Fsp3) is 0.381. The molecule has 0 bridgehead atoms. The Bertz CT molecular complexity index is 794. The second-order valence-corrected chi connectivity index (χ2v) is 7.18. The third kappa shape index (κ3) is 5.14. The number of hydrogen-bond donors (Lipinski definition) is 0. The van der Waals surface area contributed by atoms with Gasteiger partial charge in [-0.25, -0.2) is 0 Å². The lowest BCUT2D eigenvalue weighted by Crippen LogP contribution is -2.43. The van der Waals surface area contributed by atoms with E-state index in [1.807, 2.05) is 43.4 Å². The number of nitro groups is 1. The predicted octanol–water partition coefficient (Wildman–Crippen LogP) is 3.47. The van der Waals surface area contributed by atoms with Gasteiger partial charge < -0.3 is 4.90 Å². The molecule has 0 spiro atoms. The molecule has 6 nitrogen and oxygen atoms in total. The van der Waals surface area contributed by atoms with Crippen LogP contribution in [0.4, 0.5) is 5.69 Å². The van der Waals surface area contributed by atoms with Crippen molar-refractivity contribution in [1.29, 1.82) is 0 Å². The first-order chi connectivity index (χ1) is 13.0. The van der Waals surface area contributed by atoms with Crippen LogP contribution in [0.25, 0.3) is 0 Å². The molecule has 3 rings (SSSR count). The Kier molecular flexibility index (Phi) is 6.19. The van der Waals surface area contributed by atoms with Crippen molar-refractivity contribution in [3.8, 4) is 0 Å². The molecular weight excluding hydrogens is 342 g/mol. The molecule has 2 aromatic rings. The fourth-order valence-electron chi connectivity index (χ4n) is 3.67. The summed E-state index contributed by atoms with van der Waals surface area (Å²) in [5.41, 5.74) is 2.15. The van der Waals surface area contributed by atoms with Gasteiger partial charge in [-0.2, -0.15) is 0 Å². The number of carbonyl (C=O) groups is 1. The molecule has 1 fully saturated rings. The first kappa shape index (κ1) is 19.0. The molecule has 1 aliphatic heterocycles. The number of piperidine rings is 1. The summed E-state index contributed by atoms with van der Waals surface area (Å²) >= 11 is 0. The van der Waals surface area contributed by atoms with Crippen molar-refractivity contribution in [3.63, 3.8) is 0 Å². The number of amides is 1. The SMILES string of the molecule is CN(Cc1ccccc1)C(=O)C1CCCN(Cc2cccc([N+](=O)[O-])c2)C1. The minimum atomic E-state index is -0.370. The first-order valence-electron chi connectivity index (χ1n) is 9.27. The van der Waals surface area contributed by atoms with Crippen LogP contribution in [0, 0.1) is 16.0 Å². The van der Waals surface area contributed by atoms with Crippen LogP contribution in [0.1, 0.15) is 24.0 Å².